The molecule has 144 valence electrons. The first-order valence-electron chi connectivity index (χ1n) is 7.64. The van der Waals surface area contributed by atoms with Crippen LogP contribution in [0, 0.1) is 6.92 Å². The van der Waals surface area contributed by atoms with Crippen LogP contribution in [0.4, 0.5) is 18.9 Å². The number of aromatic nitrogens is 1. The van der Waals surface area contributed by atoms with Crippen LogP contribution in [0.1, 0.15) is 11.1 Å². The Labute approximate surface area is 166 Å². The molecule has 0 atom stereocenters. The highest BCUT2D eigenvalue weighted by molar-refractivity contribution is 9.10. The fraction of sp³-hybridized carbons (Fsp3) is 0.235. The number of rotatable bonds is 6. The summed E-state index contributed by atoms with van der Waals surface area (Å²) in [6, 6.07) is 7.48. The summed E-state index contributed by atoms with van der Waals surface area (Å²) < 4.78 is 38.3. The summed E-state index contributed by atoms with van der Waals surface area (Å²) >= 11 is 4.31. The Morgan fingerprint density at radius 2 is 1.93 bits per heavy atom. The van der Waals surface area contributed by atoms with Crippen molar-refractivity contribution in [3.8, 4) is 0 Å². The van der Waals surface area contributed by atoms with Crippen molar-refractivity contribution in [2.24, 2.45) is 0 Å². The van der Waals surface area contributed by atoms with Crippen LogP contribution in [0.2, 0.25) is 0 Å². The summed E-state index contributed by atoms with van der Waals surface area (Å²) in [6.45, 7) is 1.63. The lowest BCUT2D eigenvalue weighted by molar-refractivity contribution is -0.137. The van der Waals surface area contributed by atoms with Crippen molar-refractivity contribution >= 4 is 45.2 Å². The molecule has 2 aromatic rings. The fourth-order valence-corrected chi connectivity index (χ4v) is 3.11. The zero-order valence-corrected chi connectivity index (χ0v) is 16.5. The second kappa shape index (κ2) is 9.23. The van der Waals surface area contributed by atoms with Gasteiger partial charge in [-0.15, -0.1) is 0 Å². The van der Waals surface area contributed by atoms with Gasteiger partial charge in [0.15, 0.2) is 0 Å². The molecule has 10 heteroatoms. The van der Waals surface area contributed by atoms with Gasteiger partial charge in [-0.2, -0.15) is 13.2 Å². The first kappa shape index (κ1) is 21.2. The third kappa shape index (κ3) is 6.87. The predicted octanol–water partition coefficient (Wildman–Crippen LogP) is 4.02. The van der Waals surface area contributed by atoms with Crippen molar-refractivity contribution in [1.82, 2.24) is 10.3 Å². The lowest BCUT2D eigenvalue weighted by Crippen LogP contribution is -2.34. The molecule has 2 N–H and O–H groups in total. The monoisotopic (exact) mass is 461 g/mol. The SMILES string of the molecule is Cc1cc(Br)ccc1NC(=O)CNC(=O)CSc1ccc(C(F)(F)F)cn1. The summed E-state index contributed by atoms with van der Waals surface area (Å²) in [4.78, 5) is 27.3. The molecule has 1 heterocycles. The number of halogens is 4. The number of nitrogens with zero attached hydrogens (tertiary/aromatic N) is 1. The van der Waals surface area contributed by atoms with E-state index in [1.165, 1.54) is 6.07 Å². The zero-order chi connectivity index (χ0) is 20.0. The minimum atomic E-state index is -4.45. The standard InChI is InChI=1S/C17H15BrF3N3O2S/c1-10-6-12(18)3-4-13(10)24-14(25)8-22-15(26)9-27-16-5-2-11(7-23-16)17(19,20)21/h2-7H,8-9H2,1H3,(H,22,26)(H,24,25). The smallest absolute Gasteiger partial charge is 0.346 e. The largest absolute Gasteiger partial charge is 0.417 e. The van der Waals surface area contributed by atoms with E-state index in [1.807, 2.05) is 13.0 Å². The summed E-state index contributed by atoms with van der Waals surface area (Å²) in [6.07, 6.45) is -3.73. The summed E-state index contributed by atoms with van der Waals surface area (Å²) in [5, 5.41) is 5.42. The van der Waals surface area contributed by atoms with Crippen LogP contribution in [0.5, 0.6) is 0 Å². The molecule has 0 radical (unpaired) electrons. The van der Waals surface area contributed by atoms with Crippen LogP contribution >= 0.6 is 27.7 Å². The molecule has 27 heavy (non-hydrogen) atoms. The van der Waals surface area contributed by atoms with Gasteiger partial charge >= 0.3 is 6.18 Å². The van der Waals surface area contributed by atoms with E-state index in [9.17, 15) is 22.8 Å². The average molecular weight is 462 g/mol. The van der Waals surface area contributed by atoms with Crippen LogP contribution in [-0.4, -0.2) is 29.1 Å². The Bertz CT molecular complexity index is 829. The lowest BCUT2D eigenvalue weighted by atomic mass is 10.2. The van der Waals surface area contributed by atoms with E-state index in [2.05, 4.69) is 31.5 Å². The van der Waals surface area contributed by atoms with E-state index in [0.29, 0.717) is 11.9 Å². The van der Waals surface area contributed by atoms with Gasteiger partial charge in [0.2, 0.25) is 11.8 Å². The van der Waals surface area contributed by atoms with E-state index in [0.717, 1.165) is 27.9 Å². The number of carbonyl (C=O) groups is 2. The number of thioether (sulfide) groups is 1. The van der Waals surface area contributed by atoms with Gasteiger partial charge in [0, 0.05) is 16.4 Å². The van der Waals surface area contributed by atoms with Gasteiger partial charge in [-0.1, -0.05) is 27.7 Å². The average Bonchev–Trinajstić information content (AvgIpc) is 2.60. The number of pyridine rings is 1. The summed E-state index contributed by atoms with van der Waals surface area (Å²) in [7, 11) is 0. The van der Waals surface area contributed by atoms with E-state index in [1.54, 1.807) is 12.1 Å². The Hall–Kier alpha value is -2.07. The minimum Gasteiger partial charge on any atom is -0.346 e. The highest BCUT2D eigenvalue weighted by atomic mass is 79.9. The number of aryl methyl sites for hydroxylation is 1. The van der Waals surface area contributed by atoms with Gasteiger partial charge in [-0.3, -0.25) is 9.59 Å². The maximum atomic E-state index is 12.5. The quantitative estimate of drug-likeness (QED) is 0.637. The van der Waals surface area contributed by atoms with E-state index in [-0.39, 0.29) is 23.2 Å². The molecule has 0 saturated carbocycles. The van der Waals surface area contributed by atoms with Crippen LogP contribution in [-0.2, 0) is 15.8 Å². The Morgan fingerprint density at radius 3 is 2.52 bits per heavy atom. The summed E-state index contributed by atoms with van der Waals surface area (Å²) in [5.74, 6) is -0.876. The predicted molar refractivity (Wildman–Crippen MR) is 100 cm³/mol. The van der Waals surface area contributed by atoms with Crippen molar-refractivity contribution in [1.29, 1.82) is 0 Å². The highest BCUT2D eigenvalue weighted by Crippen LogP contribution is 2.29. The van der Waals surface area contributed by atoms with E-state index >= 15 is 0 Å². The number of carbonyl (C=O) groups excluding carboxylic acids is 2. The fourth-order valence-electron chi connectivity index (χ4n) is 1.96. The first-order valence-corrected chi connectivity index (χ1v) is 9.42. The van der Waals surface area contributed by atoms with Gasteiger partial charge in [-0.05, 0) is 42.8 Å². The van der Waals surface area contributed by atoms with Crippen LogP contribution in [0.15, 0.2) is 46.0 Å². The third-order valence-corrected chi connectivity index (χ3v) is 4.76. The number of hydrogen-bond donors (Lipinski definition) is 2. The molecule has 0 aliphatic heterocycles. The number of amides is 2. The molecule has 0 aliphatic carbocycles. The van der Waals surface area contributed by atoms with Gasteiger partial charge in [-0.25, -0.2) is 4.98 Å². The second-order valence-electron chi connectivity index (χ2n) is 5.46. The molecule has 0 aliphatic rings. The molecule has 2 rings (SSSR count). The van der Waals surface area contributed by atoms with Crippen molar-refractivity contribution in [3.63, 3.8) is 0 Å². The van der Waals surface area contributed by atoms with Crippen molar-refractivity contribution in [3.05, 3.63) is 52.1 Å². The third-order valence-electron chi connectivity index (χ3n) is 3.32. The molecule has 2 amide bonds. The second-order valence-corrected chi connectivity index (χ2v) is 7.37. The van der Waals surface area contributed by atoms with Gasteiger partial charge in [0.1, 0.15) is 0 Å². The normalized spacial score (nSPS) is 11.1. The van der Waals surface area contributed by atoms with E-state index < -0.39 is 17.6 Å². The maximum Gasteiger partial charge on any atom is 0.417 e. The topological polar surface area (TPSA) is 71.1 Å². The number of anilines is 1. The summed E-state index contributed by atoms with van der Waals surface area (Å²) in [5.41, 5.74) is 0.657. The van der Waals surface area contributed by atoms with Gasteiger partial charge in [0.25, 0.3) is 0 Å². The van der Waals surface area contributed by atoms with E-state index in [4.69, 9.17) is 0 Å². The Balaban J connectivity index is 1.76. The minimum absolute atomic E-state index is 0.0665. The van der Waals surface area contributed by atoms with Crippen LogP contribution in [0.25, 0.3) is 0 Å². The number of alkyl halides is 3. The van der Waals surface area contributed by atoms with Crippen molar-refractivity contribution < 1.29 is 22.8 Å². The molecule has 0 fully saturated rings. The molecular weight excluding hydrogens is 447 g/mol. The molecule has 5 nitrogen and oxygen atoms in total. The maximum absolute atomic E-state index is 12.5. The molecule has 0 spiro atoms. The zero-order valence-electron chi connectivity index (χ0n) is 14.1. The molecule has 0 saturated heterocycles. The first-order chi connectivity index (χ1) is 12.6. The highest BCUT2D eigenvalue weighted by Gasteiger charge is 2.30. The molecule has 0 unspecified atom stereocenters. The Morgan fingerprint density at radius 1 is 1.19 bits per heavy atom. The van der Waals surface area contributed by atoms with Crippen molar-refractivity contribution in [2.75, 3.05) is 17.6 Å². The molecular formula is C17H15BrF3N3O2S. The number of nitrogens with one attached hydrogen (secondary N) is 2. The lowest BCUT2D eigenvalue weighted by Gasteiger charge is -2.10. The van der Waals surface area contributed by atoms with Gasteiger partial charge in [0.05, 0.1) is 22.9 Å². The molecule has 0 bridgehead atoms. The van der Waals surface area contributed by atoms with Crippen LogP contribution < -0.4 is 10.6 Å². The van der Waals surface area contributed by atoms with Gasteiger partial charge < -0.3 is 10.6 Å². The van der Waals surface area contributed by atoms with Crippen LogP contribution in [0.3, 0.4) is 0 Å². The van der Waals surface area contributed by atoms with Crippen molar-refractivity contribution in [2.45, 2.75) is 18.1 Å². The molecule has 1 aromatic carbocycles. The Kier molecular flexibility index (Phi) is 7.25. The number of hydrogen-bond acceptors (Lipinski definition) is 4. The number of benzene rings is 1. The molecule has 1 aromatic heterocycles.